The summed E-state index contributed by atoms with van der Waals surface area (Å²) in [6.45, 7) is 3.75. The summed E-state index contributed by atoms with van der Waals surface area (Å²) < 4.78 is 24.8. The predicted octanol–water partition coefficient (Wildman–Crippen LogP) is 0.198. The van der Waals surface area contributed by atoms with E-state index in [0.29, 0.717) is 19.6 Å². The number of nitrogens with zero attached hydrogens (tertiary/aromatic N) is 1. The Kier molecular flexibility index (Phi) is 4.38. The van der Waals surface area contributed by atoms with Gasteiger partial charge in [-0.2, -0.15) is 0 Å². The molecule has 1 aromatic carbocycles. The average molecular weight is 313 g/mol. The standard InChI is InChI=1S/C13H19N3O4S/c1-9-8-16(6-5-14-9)13(18)11-7-10(3-4-12(11)17)15-21(2,19)20/h3-4,7,9,14-15,17H,5-6,8H2,1-2H3/t9-/m1/s1. The van der Waals surface area contributed by atoms with Gasteiger partial charge >= 0.3 is 0 Å². The number of sulfonamides is 1. The Morgan fingerprint density at radius 1 is 1.48 bits per heavy atom. The fourth-order valence-electron chi connectivity index (χ4n) is 2.27. The Balaban J connectivity index is 2.25. The van der Waals surface area contributed by atoms with Crippen LogP contribution < -0.4 is 10.0 Å². The van der Waals surface area contributed by atoms with Crippen LogP contribution in [0.1, 0.15) is 17.3 Å². The Morgan fingerprint density at radius 3 is 2.81 bits per heavy atom. The average Bonchev–Trinajstić information content (AvgIpc) is 2.38. The van der Waals surface area contributed by atoms with Crippen LogP contribution in [0.5, 0.6) is 5.75 Å². The minimum absolute atomic E-state index is 0.0951. The highest BCUT2D eigenvalue weighted by molar-refractivity contribution is 7.92. The van der Waals surface area contributed by atoms with Gasteiger partial charge < -0.3 is 15.3 Å². The van der Waals surface area contributed by atoms with Crippen molar-refractivity contribution in [3.63, 3.8) is 0 Å². The topological polar surface area (TPSA) is 98.7 Å². The largest absolute Gasteiger partial charge is 0.507 e. The van der Waals surface area contributed by atoms with Crippen molar-refractivity contribution in [3.05, 3.63) is 23.8 Å². The van der Waals surface area contributed by atoms with E-state index < -0.39 is 10.0 Å². The van der Waals surface area contributed by atoms with Crippen LogP contribution >= 0.6 is 0 Å². The number of hydrogen-bond donors (Lipinski definition) is 3. The molecular formula is C13H19N3O4S. The number of nitrogens with one attached hydrogen (secondary N) is 2. The number of carbonyl (C=O) groups is 1. The monoisotopic (exact) mass is 313 g/mol. The molecule has 1 aliphatic heterocycles. The lowest BCUT2D eigenvalue weighted by Crippen LogP contribution is -2.51. The van der Waals surface area contributed by atoms with E-state index in [4.69, 9.17) is 0 Å². The lowest BCUT2D eigenvalue weighted by atomic mass is 10.1. The van der Waals surface area contributed by atoms with Crippen molar-refractivity contribution < 1.29 is 18.3 Å². The van der Waals surface area contributed by atoms with Gasteiger partial charge in [0.05, 0.1) is 11.8 Å². The van der Waals surface area contributed by atoms with Gasteiger partial charge in [0.25, 0.3) is 5.91 Å². The predicted molar refractivity (Wildman–Crippen MR) is 79.9 cm³/mol. The van der Waals surface area contributed by atoms with Gasteiger partial charge in [0, 0.05) is 31.4 Å². The number of anilines is 1. The molecule has 1 fully saturated rings. The number of carbonyl (C=O) groups excluding carboxylic acids is 1. The summed E-state index contributed by atoms with van der Waals surface area (Å²) in [5, 5.41) is 13.1. The van der Waals surface area contributed by atoms with E-state index in [0.717, 1.165) is 6.26 Å². The lowest BCUT2D eigenvalue weighted by molar-refractivity contribution is 0.0706. The lowest BCUT2D eigenvalue weighted by Gasteiger charge is -2.32. The minimum atomic E-state index is -3.43. The number of phenols is 1. The Hall–Kier alpha value is -1.80. The summed E-state index contributed by atoms with van der Waals surface area (Å²) in [5.41, 5.74) is 0.347. The van der Waals surface area contributed by atoms with Crippen LogP contribution in [0.15, 0.2) is 18.2 Å². The molecule has 0 aliphatic carbocycles. The first-order chi connectivity index (χ1) is 9.76. The zero-order valence-electron chi connectivity index (χ0n) is 12.0. The van der Waals surface area contributed by atoms with Crippen molar-refractivity contribution in [2.75, 3.05) is 30.6 Å². The van der Waals surface area contributed by atoms with Crippen LogP contribution in [-0.2, 0) is 10.0 Å². The van der Waals surface area contributed by atoms with Crippen LogP contribution in [0.3, 0.4) is 0 Å². The second-order valence-corrected chi connectivity index (χ2v) is 6.96. The van der Waals surface area contributed by atoms with Crippen LogP contribution in [0.2, 0.25) is 0 Å². The molecule has 116 valence electrons. The van der Waals surface area contributed by atoms with E-state index in [2.05, 4.69) is 10.0 Å². The molecule has 3 N–H and O–H groups in total. The third kappa shape index (κ3) is 4.08. The normalized spacial score (nSPS) is 19.3. The zero-order valence-corrected chi connectivity index (χ0v) is 12.8. The fraction of sp³-hybridized carbons (Fsp3) is 0.462. The first-order valence-electron chi connectivity index (χ1n) is 6.60. The maximum Gasteiger partial charge on any atom is 0.257 e. The molecule has 7 nitrogen and oxygen atoms in total. The zero-order chi connectivity index (χ0) is 15.6. The van der Waals surface area contributed by atoms with E-state index in [9.17, 15) is 18.3 Å². The van der Waals surface area contributed by atoms with Gasteiger partial charge in [0.15, 0.2) is 0 Å². The van der Waals surface area contributed by atoms with Gasteiger partial charge in [-0.15, -0.1) is 0 Å². The van der Waals surface area contributed by atoms with E-state index in [1.165, 1.54) is 18.2 Å². The van der Waals surface area contributed by atoms with Crippen molar-refractivity contribution in [2.45, 2.75) is 13.0 Å². The van der Waals surface area contributed by atoms with Crippen molar-refractivity contribution >= 4 is 21.6 Å². The number of aromatic hydroxyl groups is 1. The second-order valence-electron chi connectivity index (χ2n) is 5.21. The van der Waals surface area contributed by atoms with Gasteiger partial charge in [-0.3, -0.25) is 9.52 Å². The highest BCUT2D eigenvalue weighted by atomic mass is 32.2. The fourth-order valence-corrected chi connectivity index (χ4v) is 2.83. The molecule has 0 aromatic heterocycles. The molecular weight excluding hydrogens is 294 g/mol. The molecule has 0 radical (unpaired) electrons. The molecule has 0 bridgehead atoms. The second kappa shape index (κ2) is 5.90. The van der Waals surface area contributed by atoms with Crippen LogP contribution in [0.25, 0.3) is 0 Å². The SMILES string of the molecule is C[C@@H]1CN(C(=O)c2cc(NS(C)(=O)=O)ccc2O)CCN1. The molecule has 1 aromatic rings. The number of benzene rings is 1. The number of amides is 1. The number of hydrogen-bond acceptors (Lipinski definition) is 5. The smallest absolute Gasteiger partial charge is 0.257 e. The molecule has 1 heterocycles. The Bertz CT molecular complexity index is 645. The maximum atomic E-state index is 12.4. The van der Waals surface area contributed by atoms with Gasteiger partial charge in [-0.1, -0.05) is 0 Å². The van der Waals surface area contributed by atoms with Gasteiger partial charge in [-0.25, -0.2) is 8.42 Å². The summed E-state index contributed by atoms with van der Waals surface area (Å²) in [7, 11) is -3.43. The minimum Gasteiger partial charge on any atom is -0.507 e. The molecule has 0 unspecified atom stereocenters. The number of phenolic OH excluding ortho intramolecular Hbond substituents is 1. The summed E-state index contributed by atoms with van der Waals surface area (Å²) in [5.74, 6) is -0.469. The molecule has 1 aliphatic rings. The third-order valence-electron chi connectivity index (χ3n) is 3.19. The maximum absolute atomic E-state index is 12.4. The summed E-state index contributed by atoms with van der Waals surface area (Å²) in [4.78, 5) is 14.1. The van der Waals surface area contributed by atoms with E-state index in [1.807, 2.05) is 6.92 Å². The van der Waals surface area contributed by atoms with Crippen molar-refractivity contribution in [2.24, 2.45) is 0 Å². The first-order valence-corrected chi connectivity index (χ1v) is 8.49. The van der Waals surface area contributed by atoms with Crippen molar-refractivity contribution in [1.82, 2.24) is 10.2 Å². The van der Waals surface area contributed by atoms with Gasteiger partial charge in [0.2, 0.25) is 10.0 Å². The molecule has 0 spiro atoms. The van der Waals surface area contributed by atoms with Crippen LogP contribution in [0, 0.1) is 0 Å². The van der Waals surface area contributed by atoms with Gasteiger partial charge in [-0.05, 0) is 25.1 Å². The summed E-state index contributed by atoms with van der Waals surface area (Å²) in [6.07, 6.45) is 1.03. The molecule has 2 rings (SSSR count). The van der Waals surface area contributed by atoms with E-state index in [-0.39, 0.29) is 28.9 Å². The number of piperazine rings is 1. The van der Waals surface area contributed by atoms with Crippen LogP contribution in [0.4, 0.5) is 5.69 Å². The third-order valence-corrected chi connectivity index (χ3v) is 3.79. The van der Waals surface area contributed by atoms with Crippen molar-refractivity contribution in [1.29, 1.82) is 0 Å². The highest BCUT2D eigenvalue weighted by Gasteiger charge is 2.24. The Morgan fingerprint density at radius 2 is 2.19 bits per heavy atom. The quantitative estimate of drug-likeness (QED) is 0.692. The molecule has 1 saturated heterocycles. The first kappa shape index (κ1) is 15.6. The van der Waals surface area contributed by atoms with Crippen molar-refractivity contribution in [3.8, 4) is 5.75 Å². The number of rotatable bonds is 3. The summed E-state index contributed by atoms with van der Waals surface area (Å²) >= 11 is 0. The molecule has 1 amide bonds. The highest BCUT2D eigenvalue weighted by Crippen LogP contribution is 2.24. The van der Waals surface area contributed by atoms with E-state index in [1.54, 1.807) is 4.90 Å². The van der Waals surface area contributed by atoms with E-state index >= 15 is 0 Å². The summed E-state index contributed by atoms with van der Waals surface area (Å²) in [6, 6.07) is 4.26. The molecule has 21 heavy (non-hydrogen) atoms. The van der Waals surface area contributed by atoms with Gasteiger partial charge in [0.1, 0.15) is 5.75 Å². The van der Waals surface area contributed by atoms with Crippen LogP contribution in [-0.4, -0.2) is 56.3 Å². The molecule has 8 heteroatoms. The Labute approximate surface area is 124 Å². The molecule has 1 atom stereocenters. The molecule has 0 saturated carbocycles.